The average molecular weight is 248 g/mol. The van der Waals surface area contributed by atoms with Gasteiger partial charge in [0, 0.05) is 11.4 Å². The summed E-state index contributed by atoms with van der Waals surface area (Å²) >= 11 is 0. The Morgan fingerprint density at radius 1 is 0.778 bits per heavy atom. The maximum atomic E-state index is 6.04. The first-order valence-corrected chi connectivity index (χ1v) is 6.82. The molecule has 0 aliphatic heterocycles. The van der Waals surface area contributed by atoms with Crippen LogP contribution >= 0.6 is 0 Å². The third kappa shape index (κ3) is 5.76. The highest BCUT2D eigenvalue weighted by atomic mass is 14.6. The molecule has 0 aliphatic carbocycles. The van der Waals surface area contributed by atoms with E-state index in [-0.39, 0.29) is 0 Å². The first kappa shape index (κ1) is 16.6. The molecule has 0 saturated carbocycles. The molecule has 0 aromatic rings. The molecule has 0 amide bonds. The summed E-state index contributed by atoms with van der Waals surface area (Å²) in [5.41, 5.74) is 16.2. The first-order chi connectivity index (χ1) is 8.60. The number of rotatable bonds is 7. The monoisotopic (exact) mass is 248 g/mol. The van der Waals surface area contributed by atoms with Crippen LogP contribution in [-0.4, -0.2) is 0 Å². The van der Waals surface area contributed by atoms with Crippen molar-refractivity contribution >= 4 is 0 Å². The molecule has 0 saturated heterocycles. The second-order valence-electron chi connectivity index (χ2n) is 4.26. The van der Waals surface area contributed by atoms with Crippen LogP contribution in [-0.2, 0) is 0 Å². The van der Waals surface area contributed by atoms with Gasteiger partial charge in [0.15, 0.2) is 0 Å². The standard InChI is InChI=1S/C16H28N2/c1-5-9-14(15(17)8-4)12-11-13(7-3)16(18)10-6-2/h7-10H,5-6,11-12,17-18H2,1-4H3/b13-7-,14-9-,15-8+,16-10+. The van der Waals surface area contributed by atoms with E-state index in [1.165, 1.54) is 11.1 Å². The third-order valence-corrected chi connectivity index (χ3v) is 2.94. The van der Waals surface area contributed by atoms with Gasteiger partial charge >= 0.3 is 0 Å². The molecule has 0 spiro atoms. The Hall–Kier alpha value is -1.44. The molecule has 0 radical (unpaired) electrons. The van der Waals surface area contributed by atoms with Gasteiger partial charge in [-0.25, -0.2) is 0 Å². The number of allylic oxidation sites excluding steroid dienone is 6. The van der Waals surface area contributed by atoms with Crippen molar-refractivity contribution in [3.8, 4) is 0 Å². The molecule has 0 heterocycles. The zero-order chi connectivity index (χ0) is 14.0. The van der Waals surface area contributed by atoms with E-state index in [0.29, 0.717) is 0 Å². The predicted octanol–water partition coefficient (Wildman–Crippen LogP) is 4.16. The molecule has 0 bridgehead atoms. The van der Waals surface area contributed by atoms with E-state index in [1.54, 1.807) is 0 Å². The molecule has 4 N–H and O–H groups in total. The van der Waals surface area contributed by atoms with Crippen molar-refractivity contribution in [1.82, 2.24) is 0 Å². The van der Waals surface area contributed by atoms with E-state index < -0.39 is 0 Å². The zero-order valence-corrected chi connectivity index (χ0v) is 12.3. The lowest BCUT2D eigenvalue weighted by Gasteiger charge is -2.11. The summed E-state index contributed by atoms with van der Waals surface area (Å²) < 4.78 is 0. The second kappa shape index (κ2) is 9.58. The van der Waals surface area contributed by atoms with Crippen LogP contribution in [0.25, 0.3) is 0 Å². The minimum Gasteiger partial charge on any atom is -0.399 e. The van der Waals surface area contributed by atoms with Crippen LogP contribution in [0.1, 0.15) is 53.4 Å². The van der Waals surface area contributed by atoms with Crippen molar-refractivity contribution in [2.75, 3.05) is 0 Å². The SMILES string of the molecule is C/C=C(CCC(=C/CC)/C(N)=C\C)\C(N)=C/CC. The van der Waals surface area contributed by atoms with Crippen LogP contribution in [0.3, 0.4) is 0 Å². The van der Waals surface area contributed by atoms with Crippen LogP contribution in [0.4, 0.5) is 0 Å². The number of nitrogens with two attached hydrogens (primary N) is 2. The molecule has 102 valence electrons. The van der Waals surface area contributed by atoms with Gasteiger partial charge < -0.3 is 11.5 Å². The molecule has 0 unspecified atom stereocenters. The number of hydrogen-bond donors (Lipinski definition) is 2. The fourth-order valence-corrected chi connectivity index (χ4v) is 1.87. The molecule has 18 heavy (non-hydrogen) atoms. The normalized spacial score (nSPS) is 15.1. The highest BCUT2D eigenvalue weighted by Crippen LogP contribution is 2.19. The summed E-state index contributed by atoms with van der Waals surface area (Å²) in [6.45, 7) is 8.24. The minimum atomic E-state index is 0.880. The lowest BCUT2D eigenvalue weighted by atomic mass is 9.99. The second-order valence-corrected chi connectivity index (χ2v) is 4.26. The smallest absolute Gasteiger partial charge is 0.0302 e. The van der Waals surface area contributed by atoms with Crippen molar-refractivity contribution in [3.63, 3.8) is 0 Å². The van der Waals surface area contributed by atoms with Crippen molar-refractivity contribution in [1.29, 1.82) is 0 Å². The summed E-state index contributed by atoms with van der Waals surface area (Å²) in [4.78, 5) is 0. The first-order valence-electron chi connectivity index (χ1n) is 6.82. The Bertz CT molecular complexity index is 357. The molecule has 0 aromatic carbocycles. The van der Waals surface area contributed by atoms with Gasteiger partial charge in [-0.3, -0.25) is 0 Å². The molecular formula is C16H28N2. The number of hydrogen-bond acceptors (Lipinski definition) is 2. The van der Waals surface area contributed by atoms with Crippen LogP contribution < -0.4 is 11.5 Å². The van der Waals surface area contributed by atoms with Crippen LogP contribution in [0.5, 0.6) is 0 Å². The summed E-state index contributed by atoms with van der Waals surface area (Å²) in [5.74, 6) is 0. The van der Waals surface area contributed by atoms with Gasteiger partial charge in [0.2, 0.25) is 0 Å². The van der Waals surface area contributed by atoms with E-state index in [4.69, 9.17) is 11.5 Å². The van der Waals surface area contributed by atoms with Gasteiger partial charge in [0.1, 0.15) is 0 Å². The third-order valence-electron chi connectivity index (χ3n) is 2.94. The van der Waals surface area contributed by atoms with Gasteiger partial charge in [-0.05, 0) is 50.7 Å². The van der Waals surface area contributed by atoms with Crippen molar-refractivity contribution < 1.29 is 0 Å². The maximum Gasteiger partial charge on any atom is 0.0302 e. The summed E-state index contributed by atoms with van der Waals surface area (Å²) in [7, 11) is 0. The van der Waals surface area contributed by atoms with E-state index in [9.17, 15) is 0 Å². The summed E-state index contributed by atoms with van der Waals surface area (Å²) in [6.07, 6.45) is 12.2. The summed E-state index contributed by atoms with van der Waals surface area (Å²) in [5, 5.41) is 0. The van der Waals surface area contributed by atoms with Crippen molar-refractivity contribution in [3.05, 3.63) is 46.8 Å². The van der Waals surface area contributed by atoms with Crippen LogP contribution in [0, 0.1) is 0 Å². The van der Waals surface area contributed by atoms with Crippen LogP contribution in [0.15, 0.2) is 46.8 Å². The van der Waals surface area contributed by atoms with E-state index >= 15 is 0 Å². The van der Waals surface area contributed by atoms with Gasteiger partial charge in [-0.2, -0.15) is 0 Å². The highest BCUT2D eigenvalue weighted by molar-refractivity contribution is 5.32. The molecule has 2 heteroatoms. The Kier molecular flexibility index (Phi) is 8.81. The molecule has 2 nitrogen and oxygen atoms in total. The van der Waals surface area contributed by atoms with Gasteiger partial charge in [-0.15, -0.1) is 0 Å². The van der Waals surface area contributed by atoms with E-state index in [2.05, 4.69) is 32.1 Å². The Balaban J connectivity index is 4.71. The summed E-state index contributed by atoms with van der Waals surface area (Å²) in [6, 6.07) is 0. The fourth-order valence-electron chi connectivity index (χ4n) is 1.87. The Morgan fingerprint density at radius 3 is 1.78 bits per heavy atom. The molecule has 0 atom stereocenters. The predicted molar refractivity (Wildman–Crippen MR) is 81.9 cm³/mol. The minimum absolute atomic E-state index is 0.880. The topological polar surface area (TPSA) is 52.0 Å². The lowest BCUT2D eigenvalue weighted by Crippen LogP contribution is -2.05. The van der Waals surface area contributed by atoms with E-state index in [0.717, 1.165) is 37.1 Å². The maximum absolute atomic E-state index is 6.04. The molecule has 0 rings (SSSR count). The Labute approximate surface area is 112 Å². The average Bonchev–Trinajstić information content (AvgIpc) is 2.37. The van der Waals surface area contributed by atoms with Crippen molar-refractivity contribution in [2.24, 2.45) is 11.5 Å². The quantitative estimate of drug-likeness (QED) is 0.664. The zero-order valence-electron chi connectivity index (χ0n) is 12.3. The molecular weight excluding hydrogens is 220 g/mol. The molecule has 0 aliphatic rings. The lowest BCUT2D eigenvalue weighted by molar-refractivity contribution is 0.910. The fraction of sp³-hybridized carbons (Fsp3) is 0.500. The van der Waals surface area contributed by atoms with Gasteiger partial charge in [0.25, 0.3) is 0 Å². The van der Waals surface area contributed by atoms with E-state index in [1.807, 2.05) is 19.9 Å². The molecule has 0 aromatic heterocycles. The van der Waals surface area contributed by atoms with Crippen LogP contribution in [0.2, 0.25) is 0 Å². The molecule has 0 fully saturated rings. The largest absolute Gasteiger partial charge is 0.399 e. The van der Waals surface area contributed by atoms with Crippen molar-refractivity contribution in [2.45, 2.75) is 53.4 Å². The highest BCUT2D eigenvalue weighted by Gasteiger charge is 2.04. The Morgan fingerprint density at radius 2 is 1.33 bits per heavy atom. The van der Waals surface area contributed by atoms with Gasteiger partial charge in [-0.1, -0.05) is 38.2 Å². The van der Waals surface area contributed by atoms with Gasteiger partial charge in [0.05, 0.1) is 0 Å².